The van der Waals surface area contributed by atoms with Crippen LogP contribution < -0.4 is 5.73 Å². The standard InChI is InChI=1S/C14H19N5O/c1-20-9-8-14(6-7-14)10-19-13(16-17-18-19)11-2-4-12(15)5-3-11/h2-5H,6-10,15H2,1H3. The Morgan fingerprint density at radius 2 is 2.05 bits per heavy atom. The van der Waals surface area contributed by atoms with Crippen LogP contribution >= 0.6 is 0 Å². The van der Waals surface area contributed by atoms with Crippen LogP contribution in [0.5, 0.6) is 0 Å². The summed E-state index contributed by atoms with van der Waals surface area (Å²) in [6.45, 7) is 1.64. The minimum absolute atomic E-state index is 0.313. The molecule has 20 heavy (non-hydrogen) atoms. The number of nitrogen functional groups attached to an aromatic ring is 1. The summed E-state index contributed by atoms with van der Waals surface area (Å²) in [5.41, 5.74) is 7.76. The Balaban J connectivity index is 1.79. The van der Waals surface area contributed by atoms with E-state index in [0.717, 1.165) is 36.6 Å². The average Bonchev–Trinajstić information content (AvgIpc) is 3.07. The number of tetrazole rings is 1. The molecule has 0 spiro atoms. The van der Waals surface area contributed by atoms with Crippen molar-refractivity contribution in [2.45, 2.75) is 25.8 Å². The van der Waals surface area contributed by atoms with Crippen molar-refractivity contribution in [3.63, 3.8) is 0 Å². The van der Waals surface area contributed by atoms with Crippen LogP contribution in [0.3, 0.4) is 0 Å². The molecule has 1 aliphatic rings. The Hall–Kier alpha value is -1.95. The van der Waals surface area contributed by atoms with Crippen molar-refractivity contribution in [3.8, 4) is 11.4 Å². The first-order chi connectivity index (χ1) is 9.72. The highest BCUT2D eigenvalue weighted by molar-refractivity contribution is 5.58. The molecule has 106 valence electrons. The molecule has 0 aliphatic heterocycles. The summed E-state index contributed by atoms with van der Waals surface area (Å²) < 4.78 is 7.09. The van der Waals surface area contributed by atoms with Crippen LogP contribution in [0.15, 0.2) is 24.3 Å². The lowest BCUT2D eigenvalue weighted by molar-refractivity contribution is 0.165. The maximum Gasteiger partial charge on any atom is 0.182 e. The van der Waals surface area contributed by atoms with Crippen LogP contribution in [-0.4, -0.2) is 33.9 Å². The number of hydrogen-bond donors (Lipinski definition) is 1. The number of nitrogens with two attached hydrogens (primary N) is 1. The molecule has 0 bridgehead atoms. The number of anilines is 1. The second-order valence-electron chi connectivity index (χ2n) is 5.52. The lowest BCUT2D eigenvalue weighted by Crippen LogP contribution is -2.16. The fraction of sp³-hybridized carbons (Fsp3) is 0.500. The Morgan fingerprint density at radius 1 is 1.30 bits per heavy atom. The second kappa shape index (κ2) is 5.20. The summed E-state index contributed by atoms with van der Waals surface area (Å²) >= 11 is 0. The third-order valence-electron chi connectivity index (χ3n) is 3.98. The van der Waals surface area contributed by atoms with Gasteiger partial charge < -0.3 is 10.5 Å². The number of aromatic nitrogens is 4. The van der Waals surface area contributed by atoms with Gasteiger partial charge in [-0.25, -0.2) is 4.68 Å². The normalized spacial score (nSPS) is 16.2. The zero-order chi connectivity index (χ0) is 14.0. The van der Waals surface area contributed by atoms with Crippen LogP contribution in [0.2, 0.25) is 0 Å². The van der Waals surface area contributed by atoms with E-state index in [2.05, 4.69) is 15.5 Å². The Morgan fingerprint density at radius 3 is 2.70 bits per heavy atom. The molecular weight excluding hydrogens is 254 g/mol. The third kappa shape index (κ3) is 2.65. The largest absolute Gasteiger partial charge is 0.399 e. The first-order valence-electron chi connectivity index (χ1n) is 6.83. The molecule has 0 atom stereocenters. The quantitative estimate of drug-likeness (QED) is 0.811. The van der Waals surface area contributed by atoms with E-state index in [9.17, 15) is 0 Å². The molecule has 6 heteroatoms. The number of benzene rings is 1. The van der Waals surface area contributed by atoms with Crippen molar-refractivity contribution >= 4 is 5.69 Å². The number of methoxy groups -OCH3 is 1. The van der Waals surface area contributed by atoms with Gasteiger partial charge in [-0.1, -0.05) is 0 Å². The fourth-order valence-corrected chi connectivity index (χ4v) is 2.45. The van der Waals surface area contributed by atoms with Gasteiger partial charge in [-0.15, -0.1) is 5.10 Å². The minimum atomic E-state index is 0.313. The maximum atomic E-state index is 5.71. The summed E-state index contributed by atoms with van der Waals surface area (Å²) in [6.07, 6.45) is 3.50. The Bertz CT molecular complexity index is 574. The van der Waals surface area contributed by atoms with Gasteiger partial charge in [-0.2, -0.15) is 0 Å². The molecule has 0 unspecified atom stereocenters. The molecule has 1 aliphatic carbocycles. The van der Waals surface area contributed by atoms with Crippen LogP contribution in [0.4, 0.5) is 5.69 Å². The van der Waals surface area contributed by atoms with Gasteiger partial charge in [0.25, 0.3) is 0 Å². The highest BCUT2D eigenvalue weighted by Gasteiger charge is 2.43. The molecule has 2 N–H and O–H groups in total. The van der Waals surface area contributed by atoms with Gasteiger partial charge in [0.2, 0.25) is 0 Å². The van der Waals surface area contributed by atoms with Crippen LogP contribution in [0, 0.1) is 5.41 Å². The summed E-state index contributed by atoms with van der Waals surface area (Å²) in [4.78, 5) is 0. The molecule has 3 rings (SSSR count). The van der Waals surface area contributed by atoms with Crippen molar-refractivity contribution in [2.75, 3.05) is 19.5 Å². The topological polar surface area (TPSA) is 78.8 Å². The number of rotatable bonds is 6. The second-order valence-corrected chi connectivity index (χ2v) is 5.52. The van der Waals surface area contributed by atoms with E-state index in [-0.39, 0.29) is 0 Å². The van der Waals surface area contributed by atoms with E-state index in [0.29, 0.717) is 5.41 Å². The number of hydrogen-bond acceptors (Lipinski definition) is 5. The van der Waals surface area contributed by atoms with Gasteiger partial charge in [0, 0.05) is 25.0 Å². The molecule has 1 saturated carbocycles. The first kappa shape index (κ1) is 13.1. The van der Waals surface area contributed by atoms with Crippen molar-refractivity contribution in [1.29, 1.82) is 0 Å². The SMILES string of the molecule is COCCC1(Cn2nnnc2-c2ccc(N)cc2)CC1. The maximum absolute atomic E-state index is 5.71. The van der Waals surface area contributed by atoms with E-state index in [1.807, 2.05) is 28.9 Å². The van der Waals surface area contributed by atoms with Gasteiger partial charge in [-0.05, 0) is 59.4 Å². The molecule has 0 amide bonds. The fourth-order valence-electron chi connectivity index (χ4n) is 2.45. The van der Waals surface area contributed by atoms with Crippen LogP contribution in [-0.2, 0) is 11.3 Å². The Labute approximate surface area is 117 Å². The predicted molar refractivity (Wildman–Crippen MR) is 75.8 cm³/mol. The zero-order valence-electron chi connectivity index (χ0n) is 11.6. The molecule has 2 aromatic rings. The van der Waals surface area contributed by atoms with E-state index in [4.69, 9.17) is 10.5 Å². The van der Waals surface area contributed by atoms with Crippen molar-refractivity contribution < 1.29 is 4.74 Å². The van der Waals surface area contributed by atoms with E-state index < -0.39 is 0 Å². The molecule has 1 aromatic carbocycles. The lowest BCUT2D eigenvalue weighted by atomic mass is 10.0. The molecule has 0 radical (unpaired) electrons. The summed E-state index contributed by atoms with van der Waals surface area (Å²) in [6, 6.07) is 7.64. The van der Waals surface area contributed by atoms with E-state index in [1.165, 1.54) is 12.8 Å². The van der Waals surface area contributed by atoms with E-state index in [1.54, 1.807) is 7.11 Å². The highest BCUT2D eigenvalue weighted by atomic mass is 16.5. The summed E-state index contributed by atoms with van der Waals surface area (Å²) in [5, 5.41) is 12.1. The average molecular weight is 273 g/mol. The molecule has 1 fully saturated rings. The van der Waals surface area contributed by atoms with Crippen molar-refractivity contribution in [2.24, 2.45) is 5.41 Å². The minimum Gasteiger partial charge on any atom is -0.399 e. The van der Waals surface area contributed by atoms with Gasteiger partial charge in [0.1, 0.15) is 0 Å². The zero-order valence-corrected chi connectivity index (χ0v) is 11.6. The summed E-state index contributed by atoms with van der Waals surface area (Å²) in [7, 11) is 1.74. The highest BCUT2D eigenvalue weighted by Crippen LogP contribution is 2.50. The number of nitrogens with zero attached hydrogens (tertiary/aromatic N) is 4. The smallest absolute Gasteiger partial charge is 0.182 e. The van der Waals surface area contributed by atoms with Crippen molar-refractivity contribution in [1.82, 2.24) is 20.2 Å². The van der Waals surface area contributed by atoms with E-state index >= 15 is 0 Å². The predicted octanol–water partition coefficient (Wildman–Crippen LogP) is 1.74. The van der Waals surface area contributed by atoms with Gasteiger partial charge >= 0.3 is 0 Å². The first-order valence-corrected chi connectivity index (χ1v) is 6.83. The monoisotopic (exact) mass is 273 g/mol. The van der Waals surface area contributed by atoms with Gasteiger partial charge in [0.05, 0.1) is 6.54 Å². The lowest BCUT2D eigenvalue weighted by Gasteiger charge is -2.15. The molecule has 1 aromatic heterocycles. The van der Waals surface area contributed by atoms with Gasteiger partial charge in [0.15, 0.2) is 5.82 Å². The molecule has 0 saturated heterocycles. The van der Waals surface area contributed by atoms with Crippen LogP contribution in [0.1, 0.15) is 19.3 Å². The molecular formula is C14H19N5O. The molecule has 1 heterocycles. The third-order valence-corrected chi connectivity index (χ3v) is 3.98. The van der Waals surface area contributed by atoms with Crippen molar-refractivity contribution in [3.05, 3.63) is 24.3 Å². The van der Waals surface area contributed by atoms with Gasteiger partial charge in [-0.3, -0.25) is 0 Å². The molecule has 6 nitrogen and oxygen atoms in total. The summed E-state index contributed by atoms with van der Waals surface area (Å²) in [5.74, 6) is 0.800. The van der Waals surface area contributed by atoms with Crippen LogP contribution in [0.25, 0.3) is 11.4 Å². The Kier molecular flexibility index (Phi) is 3.40. The number of ether oxygens (including phenoxy) is 1.